The average Bonchev–Trinajstić information content (AvgIpc) is 3.39. The molecule has 2 N–H and O–H groups in total. The molecule has 4 aromatic rings. The number of carbonyl (C=O) groups excluding carboxylic acids is 2. The molecule has 0 radical (unpaired) electrons. The van der Waals surface area contributed by atoms with Crippen molar-refractivity contribution in [1.82, 2.24) is 5.32 Å². The Morgan fingerprint density at radius 1 is 0.972 bits per heavy atom. The van der Waals surface area contributed by atoms with Gasteiger partial charge in [-0.25, -0.2) is 4.39 Å². The maximum absolute atomic E-state index is 13.5. The number of thioether (sulfide) groups is 1. The number of amides is 1. The van der Waals surface area contributed by atoms with Crippen LogP contribution in [0.2, 0.25) is 10.0 Å². The summed E-state index contributed by atoms with van der Waals surface area (Å²) in [7, 11) is 0. The van der Waals surface area contributed by atoms with Gasteiger partial charge < -0.3 is 10.6 Å². The van der Waals surface area contributed by atoms with Gasteiger partial charge in [-0.15, -0.1) is 11.8 Å². The van der Waals surface area contributed by atoms with Gasteiger partial charge in [0.05, 0.1) is 10.6 Å². The third kappa shape index (κ3) is 5.02. The van der Waals surface area contributed by atoms with E-state index in [2.05, 4.69) is 10.6 Å². The normalized spacial score (nSPS) is 19.7. The molecule has 0 aliphatic carbocycles. The first-order valence-corrected chi connectivity index (χ1v) is 13.5. The number of carbonyl (C=O) groups is 2. The van der Waals surface area contributed by atoms with Gasteiger partial charge >= 0.3 is 0 Å². The van der Waals surface area contributed by atoms with E-state index in [-0.39, 0.29) is 18.0 Å². The minimum atomic E-state index is -1.09. The number of piperidine rings is 1. The highest BCUT2D eigenvalue weighted by atomic mass is 35.5. The van der Waals surface area contributed by atoms with Gasteiger partial charge in [0.1, 0.15) is 11.1 Å². The topological polar surface area (TPSA) is 58.2 Å². The lowest BCUT2D eigenvalue weighted by Gasteiger charge is -2.40. The second-order valence-electron chi connectivity index (χ2n) is 8.34. The summed E-state index contributed by atoms with van der Waals surface area (Å²) < 4.78 is 13.3. The van der Waals surface area contributed by atoms with E-state index in [1.165, 1.54) is 23.5 Å². The molecule has 5 rings (SSSR count). The van der Waals surface area contributed by atoms with Crippen molar-refractivity contribution in [2.45, 2.75) is 22.1 Å². The van der Waals surface area contributed by atoms with Crippen molar-refractivity contribution in [3.63, 3.8) is 0 Å². The third-order valence-corrected chi connectivity index (χ3v) is 8.59. The molecule has 182 valence electrons. The van der Waals surface area contributed by atoms with Crippen LogP contribution in [0.1, 0.15) is 17.5 Å². The molecule has 0 saturated carbocycles. The summed E-state index contributed by atoms with van der Waals surface area (Å²) in [5, 5.41) is 10.2. The standard InChI is InChI=1S/C27H19Cl2FN2O2S2/c28-18-11-17(12-21(13-18)31-20-7-5-19(30)6-8-20)27(16-9-10-35-15-16)14-23(33)25(26(34)32-27)36-24-4-2-1-3-22(24)29/h1-13,15,25,31H,14H2,(H,32,34). The first kappa shape index (κ1) is 24.8. The first-order valence-electron chi connectivity index (χ1n) is 11.0. The molecule has 36 heavy (non-hydrogen) atoms. The molecule has 2 unspecified atom stereocenters. The Hall–Kier alpha value is -2.84. The summed E-state index contributed by atoms with van der Waals surface area (Å²) in [5.41, 5.74) is 1.70. The number of nitrogens with one attached hydrogen (secondary N) is 2. The van der Waals surface area contributed by atoms with Crippen molar-refractivity contribution in [2.75, 3.05) is 5.32 Å². The van der Waals surface area contributed by atoms with E-state index in [4.69, 9.17) is 23.2 Å². The highest BCUT2D eigenvalue weighted by Gasteiger charge is 2.47. The summed E-state index contributed by atoms with van der Waals surface area (Å²) in [5.74, 6) is -0.935. The predicted octanol–water partition coefficient (Wildman–Crippen LogP) is 7.43. The van der Waals surface area contributed by atoms with Gasteiger partial charge in [0.2, 0.25) is 5.91 Å². The Morgan fingerprint density at radius 2 is 1.75 bits per heavy atom. The molecular formula is C27H19Cl2FN2O2S2. The van der Waals surface area contributed by atoms with Crippen molar-refractivity contribution >= 4 is 69.4 Å². The van der Waals surface area contributed by atoms with E-state index in [9.17, 15) is 14.0 Å². The van der Waals surface area contributed by atoms with Crippen LogP contribution in [-0.2, 0) is 15.1 Å². The van der Waals surface area contributed by atoms with Gasteiger partial charge in [0, 0.05) is 27.7 Å². The fourth-order valence-corrected chi connectivity index (χ4v) is 6.44. The van der Waals surface area contributed by atoms with Gasteiger partial charge in [0.25, 0.3) is 0 Å². The zero-order valence-corrected chi connectivity index (χ0v) is 21.8. The van der Waals surface area contributed by atoms with Crippen LogP contribution >= 0.6 is 46.3 Å². The average molecular weight is 557 g/mol. The second kappa shape index (κ2) is 10.3. The van der Waals surface area contributed by atoms with Gasteiger partial charge in [-0.1, -0.05) is 35.3 Å². The molecular weight excluding hydrogens is 538 g/mol. The molecule has 2 atom stereocenters. The molecule has 9 heteroatoms. The van der Waals surface area contributed by atoms with E-state index in [1.807, 2.05) is 29.0 Å². The molecule has 1 amide bonds. The maximum atomic E-state index is 13.5. The molecule has 1 fully saturated rings. The van der Waals surface area contributed by atoms with Crippen LogP contribution in [0.15, 0.2) is 88.5 Å². The van der Waals surface area contributed by atoms with Gasteiger partial charge in [-0.05, 0) is 82.6 Å². The smallest absolute Gasteiger partial charge is 0.242 e. The fourth-order valence-electron chi connectivity index (χ4n) is 4.24. The molecule has 4 nitrogen and oxygen atoms in total. The Labute approximate surface area is 225 Å². The Kier molecular flexibility index (Phi) is 7.08. The summed E-state index contributed by atoms with van der Waals surface area (Å²) in [6.07, 6.45) is 0.0495. The minimum Gasteiger partial charge on any atom is -0.355 e. The molecule has 1 aliphatic rings. The van der Waals surface area contributed by atoms with Crippen molar-refractivity contribution in [3.05, 3.63) is 111 Å². The summed E-state index contributed by atoms with van der Waals surface area (Å²) >= 11 is 15.4. The van der Waals surface area contributed by atoms with Crippen LogP contribution in [0.25, 0.3) is 0 Å². The molecule has 3 aromatic carbocycles. The maximum Gasteiger partial charge on any atom is 0.242 e. The van der Waals surface area contributed by atoms with E-state index in [1.54, 1.807) is 42.5 Å². The monoisotopic (exact) mass is 556 g/mol. The number of Topliss-reactive ketones (excluding diaryl/α,β-unsaturated/α-hetero) is 1. The van der Waals surface area contributed by atoms with Crippen LogP contribution in [0.5, 0.6) is 0 Å². The van der Waals surface area contributed by atoms with Crippen molar-refractivity contribution in [1.29, 1.82) is 0 Å². The van der Waals surface area contributed by atoms with Gasteiger partial charge in [-0.2, -0.15) is 11.3 Å². The Bertz CT molecular complexity index is 1410. The number of halogens is 3. The number of rotatable bonds is 6. The van der Waals surface area contributed by atoms with Crippen molar-refractivity contribution < 1.29 is 14.0 Å². The van der Waals surface area contributed by atoms with Crippen LogP contribution in [0.3, 0.4) is 0 Å². The van der Waals surface area contributed by atoms with E-state index < -0.39 is 16.7 Å². The van der Waals surface area contributed by atoms with E-state index >= 15 is 0 Å². The highest BCUT2D eigenvalue weighted by Crippen LogP contribution is 2.43. The number of benzene rings is 3. The van der Waals surface area contributed by atoms with E-state index in [0.29, 0.717) is 31.9 Å². The number of hydrogen-bond acceptors (Lipinski definition) is 5. The second-order valence-corrected chi connectivity index (χ2v) is 11.1. The number of ketones is 1. The third-order valence-electron chi connectivity index (χ3n) is 5.93. The van der Waals surface area contributed by atoms with Crippen LogP contribution in [0.4, 0.5) is 15.8 Å². The zero-order chi connectivity index (χ0) is 25.3. The lowest BCUT2D eigenvalue weighted by atomic mass is 9.77. The lowest BCUT2D eigenvalue weighted by Crippen LogP contribution is -2.58. The Morgan fingerprint density at radius 3 is 2.44 bits per heavy atom. The SMILES string of the molecule is O=C1CC(c2ccsc2)(c2cc(Cl)cc(Nc3ccc(F)cc3)c2)NC(=O)C1Sc1ccccc1Cl. The van der Waals surface area contributed by atoms with Crippen molar-refractivity contribution in [3.8, 4) is 0 Å². The molecule has 1 saturated heterocycles. The zero-order valence-electron chi connectivity index (χ0n) is 18.6. The number of thiophene rings is 1. The predicted molar refractivity (Wildman–Crippen MR) is 145 cm³/mol. The quantitative estimate of drug-likeness (QED) is 0.242. The molecule has 0 bridgehead atoms. The van der Waals surface area contributed by atoms with Crippen LogP contribution in [-0.4, -0.2) is 16.9 Å². The van der Waals surface area contributed by atoms with Gasteiger partial charge in [0.15, 0.2) is 5.78 Å². The fraction of sp³-hybridized carbons (Fsp3) is 0.111. The largest absolute Gasteiger partial charge is 0.355 e. The summed E-state index contributed by atoms with van der Waals surface area (Å²) in [4.78, 5) is 27.6. The molecule has 1 aliphatic heterocycles. The summed E-state index contributed by atoms with van der Waals surface area (Å²) in [6, 6.07) is 20.3. The van der Waals surface area contributed by atoms with E-state index in [0.717, 1.165) is 17.3 Å². The minimum absolute atomic E-state index is 0.0495. The van der Waals surface area contributed by atoms with Crippen molar-refractivity contribution in [2.24, 2.45) is 0 Å². The summed E-state index contributed by atoms with van der Waals surface area (Å²) in [6.45, 7) is 0. The van der Waals surface area contributed by atoms with Crippen LogP contribution < -0.4 is 10.6 Å². The van der Waals surface area contributed by atoms with Gasteiger partial charge in [-0.3, -0.25) is 9.59 Å². The van der Waals surface area contributed by atoms with Crippen LogP contribution in [0, 0.1) is 5.82 Å². The molecule has 0 spiro atoms. The Balaban J connectivity index is 1.51. The molecule has 2 heterocycles. The number of anilines is 2. The first-order chi connectivity index (χ1) is 17.3. The number of hydrogen-bond donors (Lipinski definition) is 2. The molecule has 1 aromatic heterocycles. The highest BCUT2D eigenvalue weighted by molar-refractivity contribution is 8.01. The lowest BCUT2D eigenvalue weighted by molar-refractivity contribution is -0.132.